The number of rotatable bonds is 6. The van der Waals surface area contributed by atoms with Crippen molar-refractivity contribution < 1.29 is 18.3 Å². The van der Waals surface area contributed by atoms with Crippen molar-refractivity contribution >= 4 is 11.6 Å². The van der Waals surface area contributed by atoms with E-state index in [0.29, 0.717) is 29.6 Å². The molecule has 0 saturated carbocycles. The zero-order valence-electron chi connectivity index (χ0n) is 13.1. The number of hydrogen-bond acceptors (Lipinski definition) is 7. The minimum atomic E-state index is -2.92. The third-order valence-corrected chi connectivity index (χ3v) is 5.02. The molecule has 0 radical (unpaired) electrons. The van der Waals surface area contributed by atoms with Crippen molar-refractivity contribution in [3.05, 3.63) is 18.5 Å². The summed E-state index contributed by atoms with van der Waals surface area (Å²) in [5, 5.41) is 9.07. The highest BCUT2D eigenvalue weighted by atomic mass is 19.3. The first-order valence-electron chi connectivity index (χ1n) is 8.19. The van der Waals surface area contributed by atoms with Crippen LogP contribution in [0.1, 0.15) is 19.3 Å². The van der Waals surface area contributed by atoms with E-state index >= 15 is 0 Å². The Hall–Kier alpha value is -2.49. The number of aromatic amines is 1. The lowest BCUT2D eigenvalue weighted by molar-refractivity contribution is -0.0528. The van der Waals surface area contributed by atoms with E-state index in [1.54, 1.807) is 6.20 Å². The van der Waals surface area contributed by atoms with Crippen molar-refractivity contribution in [2.45, 2.75) is 50.1 Å². The highest BCUT2D eigenvalue weighted by Gasteiger charge is 2.63. The number of halogens is 2. The van der Waals surface area contributed by atoms with E-state index in [0.717, 1.165) is 18.9 Å². The number of anilines is 2. The number of nitrogens with zero attached hydrogens (tertiary/aromatic N) is 4. The van der Waals surface area contributed by atoms with Crippen molar-refractivity contribution in [1.82, 2.24) is 25.1 Å². The van der Waals surface area contributed by atoms with Crippen LogP contribution in [0.15, 0.2) is 18.5 Å². The van der Waals surface area contributed by atoms with Crippen LogP contribution < -0.4 is 14.8 Å². The van der Waals surface area contributed by atoms with Gasteiger partial charge < -0.3 is 14.8 Å². The summed E-state index contributed by atoms with van der Waals surface area (Å²) in [7, 11) is 0. The van der Waals surface area contributed by atoms with Crippen LogP contribution in [0.4, 0.5) is 20.4 Å². The van der Waals surface area contributed by atoms with Gasteiger partial charge in [-0.05, 0) is 6.42 Å². The van der Waals surface area contributed by atoms with E-state index in [-0.39, 0.29) is 12.0 Å². The van der Waals surface area contributed by atoms with Crippen LogP contribution >= 0.6 is 0 Å². The predicted octanol–water partition coefficient (Wildman–Crippen LogP) is 1.91. The van der Waals surface area contributed by atoms with Crippen molar-refractivity contribution in [1.29, 1.82) is 0 Å². The highest BCUT2D eigenvalue weighted by Crippen LogP contribution is 2.53. The molecule has 5 rings (SSSR count). The fourth-order valence-electron chi connectivity index (χ4n) is 3.99. The van der Waals surface area contributed by atoms with E-state index in [1.807, 2.05) is 0 Å². The lowest BCUT2D eigenvalue weighted by Crippen LogP contribution is -2.39. The molecule has 10 heteroatoms. The van der Waals surface area contributed by atoms with Crippen molar-refractivity contribution in [2.75, 3.05) is 5.32 Å². The maximum absolute atomic E-state index is 12.2. The van der Waals surface area contributed by atoms with Gasteiger partial charge in [-0.3, -0.25) is 15.0 Å². The van der Waals surface area contributed by atoms with E-state index in [4.69, 9.17) is 4.74 Å². The zero-order chi connectivity index (χ0) is 17.0. The Labute approximate surface area is 141 Å². The highest BCUT2D eigenvalue weighted by molar-refractivity contribution is 5.52. The SMILES string of the molecule is FC(F)Oc1cc(Nc2cncc(O[C@H]3C[C@@H]4CC5[C@H](C3)N54)n2)[nH]n1. The van der Waals surface area contributed by atoms with E-state index in [9.17, 15) is 8.78 Å². The molecule has 2 N–H and O–H groups in total. The van der Waals surface area contributed by atoms with Crippen LogP contribution in [0.25, 0.3) is 0 Å². The van der Waals surface area contributed by atoms with Gasteiger partial charge in [0.05, 0.1) is 12.4 Å². The molecule has 5 heterocycles. The number of H-pyrrole nitrogens is 1. The van der Waals surface area contributed by atoms with E-state index < -0.39 is 6.61 Å². The van der Waals surface area contributed by atoms with Gasteiger partial charge >= 0.3 is 6.61 Å². The molecule has 0 bridgehead atoms. The minimum Gasteiger partial charge on any atom is -0.473 e. The van der Waals surface area contributed by atoms with Crippen LogP contribution in [0.5, 0.6) is 11.8 Å². The van der Waals surface area contributed by atoms with Gasteiger partial charge in [-0.15, -0.1) is 5.10 Å². The average molecular weight is 350 g/mol. The van der Waals surface area contributed by atoms with Crippen molar-refractivity contribution in [3.63, 3.8) is 0 Å². The Morgan fingerprint density at radius 2 is 2.08 bits per heavy atom. The second-order valence-electron chi connectivity index (χ2n) is 6.55. The quantitative estimate of drug-likeness (QED) is 0.770. The summed E-state index contributed by atoms with van der Waals surface area (Å²) in [4.78, 5) is 11.0. The molecule has 0 aromatic carbocycles. The van der Waals surface area contributed by atoms with E-state index in [2.05, 4.69) is 35.1 Å². The molecule has 0 amide bonds. The van der Waals surface area contributed by atoms with Gasteiger partial charge in [0.2, 0.25) is 11.8 Å². The first kappa shape index (κ1) is 14.8. The van der Waals surface area contributed by atoms with Crippen molar-refractivity contribution in [3.8, 4) is 11.8 Å². The standard InChI is InChI=1S/C15H16F2N6O2/c16-15(17)25-13-4-11(21-22-13)19-12-5-18-6-14(20-12)24-8-1-7-2-9-10(3-8)23(7)9/h4-10,15H,1-3H2,(H2,19,20,21,22)/t7-,8+,9?,10+,23?/m1/s1. The first-order chi connectivity index (χ1) is 12.2. The van der Waals surface area contributed by atoms with Crippen LogP contribution in [-0.2, 0) is 0 Å². The first-order valence-corrected chi connectivity index (χ1v) is 8.19. The second kappa shape index (κ2) is 5.51. The number of piperidine rings is 1. The Bertz CT molecular complexity index is 779. The summed E-state index contributed by atoms with van der Waals surface area (Å²) in [6, 6.07) is 3.47. The van der Waals surface area contributed by atoms with Crippen LogP contribution in [-0.4, -0.2) is 55.9 Å². The minimum absolute atomic E-state index is 0.168. The molecular formula is C15H16F2N6O2. The van der Waals surface area contributed by atoms with Gasteiger partial charge in [-0.25, -0.2) is 0 Å². The molecular weight excluding hydrogens is 334 g/mol. The number of alkyl halides is 2. The molecule has 2 aromatic rings. The predicted molar refractivity (Wildman–Crippen MR) is 82.0 cm³/mol. The topological polar surface area (TPSA) is 88.0 Å². The maximum Gasteiger partial charge on any atom is 0.388 e. The largest absolute Gasteiger partial charge is 0.473 e. The van der Waals surface area contributed by atoms with Crippen LogP contribution in [0.2, 0.25) is 0 Å². The summed E-state index contributed by atoms with van der Waals surface area (Å²) in [6.07, 6.45) is 6.62. The molecule has 3 aliphatic heterocycles. The lowest BCUT2D eigenvalue weighted by Gasteiger charge is -2.32. The fourth-order valence-corrected chi connectivity index (χ4v) is 3.99. The molecule has 3 aliphatic rings. The Morgan fingerprint density at radius 3 is 2.92 bits per heavy atom. The molecule has 0 aliphatic carbocycles. The molecule has 2 unspecified atom stereocenters. The lowest BCUT2D eigenvalue weighted by atomic mass is 10.0. The van der Waals surface area contributed by atoms with Gasteiger partial charge in [0.25, 0.3) is 0 Å². The van der Waals surface area contributed by atoms with Crippen LogP contribution in [0, 0.1) is 0 Å². The molecule has 5 atom stereocenters. The van der Waals surface area contributed by atoms with Gasteiger partial charge in [0.1, 0.15) is 11.9 Å². The molecule has 0 spiro atoms. The monoisotopic (exact) mass is 350 g/mol. The Kier molecular flexibility index (Phi) is 3.27. The summed E-state index contributed by atoms with van der Waals surface area (Å²) in [5.41, 5.74) is 0. The van der Waals surface area contributed by atoms with Gasteiger partial charge in [0.15, 0.2) is 5.82 Å². The van der Waals surface area contributed by atoms with Crippen LogP contribution in [0.3, 0.4) is 0 Å². The Morgan fingerprint density at radius 1 is 1.20 bits per heavy atom. The van der Waals surface area contributed by atoms with Gasteiger partial charge in [-0.1, -0.05) is 0 Å². The molecule has 132 valence electrons. The number of fused-ring (bicyclic) bond motifs is 1. The molecule has 3 saturated heterocycles. The third-order valence-electron chi connectivity index (χ3n) is 5.02. The smallest absolute Gasteiger partial charge is 0.388 e. The van der Waals surface area contributed by atoms with Gasteiger partial charge in [0, 0.05) is 37.0 Å². The average Bonchev–Trinajstić information content (AvgIpc) is 2.99. The summed E-state index contributed by atoms with van der Waals surface area (Å²) in [5.74, 6) is 1.05. The normalized spacial score (nSPS) is 31.9. The summed E-state index contributed by atoms with van der Waals surface area (Å²) < 4.78 is 34.5. The maximum atomic E-state index is 12.2. The molecule has 25 heavy (non-hydrogen) atoms. The zero-order valence-corrected chi connectivity index (χ0v) is 13.1. The second-order valence-corrected chi connectivity index (χ2v) is 6.55. The van der Waals surface area contributed by atoms with Gasteiger partial charge in [-0.2, -0.15) is 13.8 Å². The van der Waals surface area contributed by atoms with E-state index in [1.165, 1.54) is 18.7 Å². The number of nitrogens with one attached hydrogen (secondary N) is 2. The third kappa shape index (κ3) is 2.76. The van der Waals surface area contributed by atoms with Crippen molar-refractivity contribution in [2.24, 2.45) is 0 Å². The molecule has 2 aromatic heterocycles. The molecule has 8 nitrogen and oxygen atoms in total. The number of hydrogen-bond donors (Lipinski definition) is 2. The Balaban J connectivity index is 1.23. The number of ether oxygens (including phenoxy) is 2. The summed E-state index contributed by atoms with van der Waals surface area (Å²) >= 11 is 0. The molecule has 3 fully saturated rings. The number of aromatic nitrogens is 4. The fraction of sp³-hybridized carbons (Fsp3) is 0.533. The summed E-state index contributed by atoms with van der Waals surface area (Å²) in [6.45, 7) is -2.92.